The molecule has 1 aromatic carbocycles. The van der Waals surface area contributed by atoms with E-state index in [1.165, 1.54) is 0 Å². The Balaban J connectivity index is 3.21. The second-order valence-corrected chi connectivity index (χ2v) is 3.08. The molecule has 0 spiro atoms. The Morgan fingerprint density at radius 3 is 2.50 bits per heavy atom. The fourth-order valence-corrected chi connectivity index (χ4v) is 1.10. The molecule has 0 saturated carbocycles. The monoisotopic (exact) mass is 247 g/mol. The Hall–Kier alpha value is -3.06. The molecule has 0 aliphatic carbocycles. The van der Waals surface area contributed by atoms with E-state index in [9.17, 15) is 9.18 Å². The summed E-state index contributed by atoms with van der Waals surface area (Å²) in [5, 5.41) is 37.2. The number of benzene rings is 1. The van der Waals surface area contributed by atoms with Crippen molar-refractivity contribution < 1.29 is 19.4 Å². The van der Waals surface area contributed by atoms with Crippen molar-refractivity contribution in [3.8, 4) is 17.9 Å². The molecule has 0 aliphatic heterocycles. The van der Waals surface area contributed by atoms with Gasteiger partial charge in [0.2, 0.25) is 0 Å². The van der Waals surface area contributed by atoms with Crippen LogP contribution < -0.4 is 5.32 Å². The summed E-state index contributed by atoms with van der Waals surface area (Å²) in [6, 6.07) is 4.57. The van der Waals surface area contributed by atoms with Gasteiger partial charge >= 0.3 is 5.97 Å². The van der Waals surface area contributed by atoms with Crippen LogP contribution in [0, 0.1) is 28.5 Å². The quantitative estimate of drug-likeness (QED) is 0.551. The predicted molar refractivity (Wildman–Crippen MR) is 58.0 cm³/mol. The van der Waals surface area contributed by atoms with Crippen LogP contribution in [0.15, 0.2) is 23.9 Å². The third-order valence-corrected chi connectivity index (χ3v) is 1.93. The smallest absolute Gasteiger partial charge is 0.337 e. The van der Waals surface area contributed by atoms with Gasteiger partial charge in [0.1, 0.15) is 17.7 Å². The number of carbonyl (C=O) groups is 1. The lowest BCUT2D eigenvalue weighted by Crippen LogP contribution is -2.03. The fourth-order valence-electron chi connectivity index (χ4n) is 1.10. The number of hydrogen-bond acceptors (Lipinski definition) is 5. The van der Waals surface area contributed by atoms with Gasteiger partial charge in [0.15, 0.2) is 11.6 Å². The normalized spacial score (nSPS) is 8.83. The number of nitriles is 2. The number of halogens is 1. The van der Waals surface area contributed by atoms with E-state index in [0.717, 1.165) is 18.3 Å². The molecule has 0 heterocycles. The van der Waals surface area contributed by atoms with Crippen molar-refractivity contribution in [3.05, 3.63) is 35.3 Å². The number of nitrogens with one attached hydrogen (secondary N) is 1. The second-order valence-electron chi connectivity index (χ2n) is 3.08. The van der Waals surface area contributed by atoms with Crippen molar-refractivity contribution in [2.75, 3.05) is 5.32 Å². The summed E-state index contributed by atoms with van der Waals surface area (Å²) in [7, 11) is 0. The van der Waals surface area contributed by atoms with Crippen LogP contribution in [0.25, 0.3) is 0 Å². The summed E-state index contributed by atoms with van der Waals surface area (Å²) < 4.78 is 13.1. The van der Waals surface area contributed by atoms with E-state index in [1.807, 2.05) is 0 Å². The van der Waals surface area contributed by atoms with Crippen LogP contribution in [0.1, 0.15) is 10.4 Å². The van der Waals surface area contributed by atoms with E-state index in [4.69, 9.17) is 20.7 Å². The highest BCUT2D eigenvalue weighted by Gasteiger charge is 2.14. The molecule has 0 saturated heterocycles. The zero-order valence-corrected chi connectivity index (χ0v) is 8.81. The van der Waals surface area contributed by atoms with Crippen LogP contribution in [0.5, 0.6) is 5.75 Å². The Morgan fingerprint density at radius 1 is 1.39 bits per heavy atom. The molecule has 0 atom stereocenters. The summed E-state index contributed by atoms with van der Waals surface area (Å²) in [6.07, 6.45) is 0.943. The number of allylic oxidation sites excluding steroid dienone is 1. The molecule has 0 aromatic heterocycles. The number of hydrogen-bond donors (Lipinski definition) is 3. The first kappa shape index (κ1) is 13.0. The zero-order valence-electron chi connectivity index (χ0n) is 8.81. The van der Waals surface area contributed by atoms with E-state index in [1.54, 1.807) is 12.1 Å². The van der Waals surface area contributed by atoms with E-state index in [0.29, 0.717) is 0 Å². The third-order valence-electron chi connectivity index (χ3n) is 1.93. The molecule has 0 bridgehead atoms. The Morgan fingerprint density at radius 2 is 2.00 bits per heavy atom. The molecule has 0 aliphatic rings. The van der Waals surface area contributed by atoms with Gasteiger partial charge in [-0.15, -0.1) is 0 Å². The highest BCUT2D eigenvalue weighted by atomic mass is 19.1. The van der Waals surface area contributed by atoms with Gasteiger partial charge in [-0.25, -0.2) is 9.18 Å². The van der Waals surface area contributed by atoms with Crippen LogP contribution in [0.4, 0.5) is 10.1 Å². The molecule has 0 unspecified atom stereocenters. The Bertz CT molecular complexity index is 595. The highest BCUT2D eigenvalue weighted by Crippen LogP contribution is 2.25. The lowest BCUT2D eigenvalue weighted by Gasteiger charge is -2.07. The van der Waals surface area contributed by atoms with E-state index in [-0.39, 0.29) is 16.8 Å². The minimum absolute atomic E-state index is 0.180. The molecular weight excluding hydrogens is 241 g/mol. The standard InChI is InChI=1S/C11H6FN3O3/c12-8-2-9(15-5-6(3-13)4-14)7(11(17)18)1-10(8)16/h1-2,5,15-16H,(H,17,18). The second kappa shape index (κ2) is 5.32. The molecule has 18 heavy (non-hydrogen) atoms. The number of phenolic OH excluding ortho intramolecular Hbond substituents is 1. The number of aromatic hydroxyl groups is 1. The van der Waals surface area contributed by atoms with Crippen LogP contribution in [-0.2, 0) is 0 Å². The number of anilines is 1. The van der Waals surface area contributed by atoms with Gasteiger partial charge in [-0.2, -0.15) is 10.5 Å². The average molecular weight is 247 g/mol. The first-order valence-corrected chi connectivity index (χ1v) is 4.52. The maximum Gasteiger partial charge on any atom is 0.337 e. The molecular formula is C11H6FN3O3. The fraction of sp³-hybridized carbons (Fsp3) is 0. The first-order chi connectivity index (χ1) is 8.49. The lowest BCUT2D eigenvalue weighted by molar-refractivity contribution is 0.0697. The molecule has 90 valence electrons. The molecule has 0 radical (unpaired) electrons. The molecule has 6 nitrogen and oxygen atoms in total. The Labute approximate surface area is 101 Å². The number of carboxylic acids is 1. The van der Waals surface area contributed by atoms with Crippen molar-refractivity contribution in [1.82, 2.24) is 0 Å². The van der Waals surface area contributed by atoms with Crippen molar-refractivity contribution in [2.24, 2.45) is 0 Å². The van der Waals surface area contributed by atoms with E-state index >= 15 is 0 Å². The summed E-state index contributed by atoms with van der Waals surface area (Å²) >= 11 is 0. The highest BCUT2D eigenvalue weighted by molar-refractivity contribution is 5.95. The predicted octanol–water partition coefficient (Wildman–Crippen LogP) is 1.57. The summed E-state index contributed by atoms with van der Waals surface area (Å²) in [6.45, 7) is 0. The molecule has 7 heteroatoms. The molecule has 0 amide bonds. The SMILES string of the molecule is N#CC(C#N)=CNc1cc(F)c(O)cc1C(=O)O. The molecule has 1 rings (SSSR count). The van der Waals surface area contributed by atoms with Gasteiger partial charge in [0.05, 0.1) is 11.3 Å². The van der Waals surface area contributed by atoms with Crippen LogP contribution in [-0.4, -0.2) is 16.2 Å². The summed E-state index contributed by atoms with van der Waals surface area (Å²) in [5.74, 6) is -3.22. The Kier molecular flexibility index (Phi) is 3.85. The number of rotatable bonds is 3. The van der Waals surface area contributed by atoms with Crippen LogP contribution in [0.2, 0.25) is 0 Å². The number of phenols is 1. The minimum Gasteiger partial charge on any atom is -0.505 e. The van der Waals surface area contributed by atoms with Gasteiger partial charge in [-0.3, -0.25) is 0 Å². The van der Waals surface area contributed by atoms with Gasteiger partial charge < -0.3 is 15.5 Å². The van der Waals surface area contributed by atoms with Gasteiger partial charge in [0.25, 0.3) is 0 Å². The molecule has 1 aromatic rings. The van der Waals surface area contributed by atoms with E-state index < -0.39 is 17.5 Å². The van der Waals surface area contributed by atoms with E-state index in [2.05, 4.69) is 5.32 Å². The number of carboxylic acid groups (broad SMARTS) is 1. The minimum atomic E-state index is -1.39. The van der Waals surface area contributed by atoms with Crippen molar-refractivity contribution >= 4 is 11.7 Å². The summed E-state index contributed by atoms with van der Waals surface area (Å²) in [5.41, 5.74) is -0.874. The summed E-state index contributed by atoms with van der Waals surface area (Å²) in [4.78, 5) is 10.8. The third kappa shape index (κ3) is 2.74. The first-order valence-electron chi connectivity index (χ1n) is 4.52. The van der Waals surface area contributed by atoms with Gasteiger partial charge in [-0.05, 0) is 6.07 Å². The van der Waals surface area contributed by atoms with Crippen LogP contribution >= 0.6 is 0 Å². The van der Waals surface area contributed by atoms with Crippen molar-refractivity contribution in [2.45, 2.75) is 0 Å². The zero-order chi connectivity index (χ0) is 13.7. The van der Waals surface area contributed by atoms with Crippen LogP contribution in [0.3, 0.4) is 0 Å². The lowest BCUT2D eigenvalue weighted by atomic mass is 10.1. The van der Waals surface area contributed by atoms with Crippen molar-refractivity contribution in [3.63, 3.8) is 0 Å². The molecule has 0 fully saturated rings. The average Bonchev–Trinajstić information content (AvgIpc) is 2.34. The largest absolute Gasteiger partial charge is 0.505 e. The maximum absolute atomic E-state index is 13.1. The topological polar surface area (TPSA) is 117 Å². The van der Waals surface area contributed by atoms with Gasteiger partial charge in [-0.1, -0.05) is 0 Å². The number of nitrogens with zero attached hydrogens (tertiary/aromatic N) is 2. The van der Waals surface area contributed by atoms with Gasteiger partial charge in [0, 0.05) is 12.3 Å². The van der Waals surface area contributed by atoms with Crippen molar-refractivity contribution in [1.29, 1.82) is 10.5 Å². The maximum atomic E-state index is 13.1. The number of aromatic carboxylic acids is 1. The molecule has 3 N–H and O–H groups in total.